The maximum Gasteiger partial charge on any atom is 0.262 e. The summed E-state index contributed by atoms with van der Waals surface area (Å²) in [5.74, 6) is -0.201. The van der Waals surface area contributed by atoms with E-state index in [1.807, 2.05) is 25.1 Å². The molecular weight excluding hydrogens is 331 g/mol. The van der Waals surface area contributed by atoms with Gasteiger partial charge in [0.05, 0.1) is 13.1 Å². The lowest BCUT2D eigenvalue weighted by Gasteiger charge is -2.35. The lowest BCUT2D eigenvalue weighted by Crippen LogP contribution is -3.20. The van der Waals surface area contributed by atoms with E-state index in [4.69, 9.17) is 34.8 Å². The predicted octanol–water partition coefficient (Wildman–Crippen LogP) is 2.49. The number of quaternary nitrogens is 1. The summed E-state index contributed by atoms with van der Waals surface area (Å²) in [7, 11) is 0. The molecule has 1 aliphatic heterocycles. The van der Waals surface area contributed by atoms with Crippen LogP contribution >= 0.6 is 34.8 Å². The third-order valence-electron chi connectivity index (χ3n) is 3.79. The Balaban J connectivity index is 2.13. The number of hydrogen-bond acceptors (Lipinski definition) is 1. The fourth-order valence-electron chi connectivity index (χ4n) is 2.71. The molecule has 0 radical (unpaired) electrons. The first kappa shape index (κ1) is 16.9. The van der Waals surface area contributed by atoms with Crippen molar-refractivity contribution in [3.05, 3.63) is 35.4 Å². The van der Waals surface area contributed by atoms with Crippen molar-refractivity contribution in [2.45, 2.75) is 36.1 Å². The van der Waals surface area contributed by atoms with E-state index < -0.39 is 9.96 Å². The molecule has 0 aromatic heterocycles. The summed E-state index contributed by atoms with van der Waals surface area (Å²) in [6.07, 6.45) is 2.85. The molecule has 1 aromatic carbocycles. The number of hydrogen-bond donors (Lipinski definition) is 2. The summed E-state index contributed by atoms with van der Waals surface area (Å²) in [4.78, 5) is 13.5. The first-order valence-corrected chi connectivity index (χ1v) is 8.30. The van der Waals surface area contributed by atoms with Crippen molar-refractivity contribution in [1.29, 1.82) is 0 Å². The van der Waals surface area contributed by atoms with Gasteiger partial charge in [-0.15, -0.1) is 0 Å². The van der Waals surface area contributed by atoms with Gasteiger partial charge in [0.2, 0.25) is 6.17 Å². The van der Waals surface area contributed by atoms with Gasteiger partial charge in [-0.25, -0.2) is 0 Å². The van der Waals surface area contributed by atoms with E-state index in [2.05, 4.69) is 5.32 Å². The molecular formula is C15H20Cl3N2O+. The fourth-order valence-corrected chi connectivity index (χ4v) is 3.34. The Labute approximate surface area is 140 Å². The van der Waals surface area contributed by atoms with E-state index in [1.54, 1.807) is 6.07 Å². The van der Waals surface area contributed by atoms with Crippen LogP contribution in [0.15, 0.2) is 24.3 Å². The number of carbonyl (C=O) groups is 1. The van der Waals surface area contributed by atoms with Gasteiger partial charge >= 0.3 is 0 Å². The number of halogens is 3. The molecule has 2 rings (SSSR count). The minimum atomic E-state index is -1.52. The number of likely N-dealkylation sites (tertiary alicyclic amines) is 1. The molecule has 0 aliphatic carbocycles. The van der Waals surface area contributed by atoms with Crippen LogP contribution < -0.4 is 10.2 Å². The molecule has 1 atom stereocenters. The maximum absolute atomic E-state index is 12.4. The molecule has 0 spiro atoms. The average molecular weight is 351 g/mol. The lowest BCUT2D eigenvalue weighted by atomic mass is 10.1. The number of piperidine rings is 1. The molecule has 1 saturated heterocycles. The summed E-state index contributed by atoms with van der Waals surface area (Å²) in [5, 5.41) is 2.90. The van der Waals surface area contributed by atoms with E-state index in [1.165, 1.54) is 6.42 Å². The van der Waals surface area contributed by atoms with Crippen LogP contribution in [0.3, 0.4) is 0 Å². The van der Waals surface area contributed by atoms with Crippen molar-refractivity contribution < 1.29 is 9.69 Å². The van der Waals surface area contributed by atoms with Crippen LogP contribution in [0.5, 0.6) is 0 Å². The van der Waals surface area contributed by atoms with E-state index in [9.17, 15) is 4.79 Å². The Hall–Kier alpha value is -0.480. The van der Waals surface area contributed by atoms with Crippen molar-refractivity contribution in [3.63, 3.8) is 0 Å². The normalized spacial score (nSPS) is 18.3. The Morgan fingerprint density at radius 1 is 1.24 bits per heavy atom. The summed E-state index contributed by atoms with van der Waals surface area (Å²) < 4.78 is -1.52. The molecule has 2 N–H and O–H groups in total. The van der Waals surface area contributed by atoms with E-state index in [0.717, 1.165) is 36.4 Å². The quantitative estimate of drug-likeness (QED) is 0.807. The summed E-state index contributed by atoms with van der Waals surface area (Å²) in [6, 6.07) is 7.39. The zero-order valence-corrected chi connectivity index (χ0v) is 14.2. The van der Waals surface area contributed by atoms with Crippen molar-refractivity contribution in [1.82, 2.24) is 5.32 Å². The highest BCUT2D eigenvalue weighted by molar-refractivity contribution is 6.68. The topological polar surface area (TPSA) is 33.5 Å². The molecule has 1 heterocycles. The zero-order chi connectivity index (χ0) is 15.5. The van der Waals surface area contributed by atoms with Gasteiger partial charge in [0.1, 0.15) is 0 Å². The van der Waals surface area contributed by atoms with Crippen molar-refractivity contribution in [2.24, 2.45) is 0 Å². The summed E-state index contributed by atoms with van der Waals surface area (Å²) in [5.41, 5.74) is 1.61. The second-order valence-electron chi connectivity index (χ2n) is 5.54. The van der Waals surface area contributed by atoms with Gasteiger partial charge in [0.15, 0.2) is 0 Å². The zero-order valence-electron chi connectivity index (χ0n) is 12.0. The summed E-state index contributed by atoms with van der Waals surface area (Å²) in [6.45, 7) is 3.76. The van der Waals surface area contributed by atoms with Crippen LogP contribution in [-0.4, -0.2) is 29.0 Å². The minimum absolute atomic E-state index is 0.201. The number of benzene rings is 1. The van der Waals surface area contributed by atoms with Crippen LogP contribution in [0, 0.1) is 6.92 Å². The molecule has 1 amide bonds. The molecule has 3 nitrogen and oxygen atoms in total. The highest BCUT2D eigenvalue weighted by Crippen LogP contribution is 2.28. The van der Waals surface area contributed by atoms with E-state index in [-0.39, 0.29) is 5.91 Å². The number of amides is 1. The first-order valence-electron chi connectivity index (χ1n) is 7.17. The maximum atomic E-state index is 12.4. The van der Waals surface area contributed by atoms with Crippen molar-refractivity contribution in [2.75, 3.05) is 13.1 Å². The second-order valence-corrected chi connectivity index (χ2v) is 7.91. The Bertz CT molecular complexity index is 496. The van der Waals surface area contributed by atoms with Crippen LogP contribution in [0.25, 0.3) is 0 Å². The van der Waals surface area contributed by atoms with Gasteiger partial charge in [0, 0.05) is 5.56 Å². The summed E-state index contributed by atoms with van der Waals surface area (Å²) >= 11 is 18.3. The second kappa shape index (κ2) is 7.19. The van der Waals surface area contributed by atoms with Crippen LogP contribution in [0.2, 0.25) is 0 Å². The van der Waals surface area contributed by atoms with Gasteiger partial charge in [-0.1, -0.05) is 52.5 Å². The standard InChI is InChI=1S/C15H19Cl3N2O/c1-11-6-5-7-12(10-11)13(21)19-14(15(16,17)18)20-8-3-2-4-9-20/h5-7,10,14H,2-4,8-9H2,1H3,(H,19,21)/p+1/t14-/m0/s1. The number of aryl methyl sites for hydroxylation is 1. The first-order chi connectivity index (χ1) is 9.88. The number of alkyl halides is 3. The molecule has 1 fully saturated rings. The smallest absolute Gasteiger partial charge is 0.262 e. The largest absolute Gasteiger partial charge is 0.312 e. The highest BCUT2D eigenvalue weighted by Gasteiger charge is 2.42. The molecule has 0 unspecified atom stereocenters. The van der Waals surface area contributed by atoms with E-state index in [0.29, 0.717) is 5.56 Å². The SMILES string of the molecule is Cc1cccc(C(=O)N[C@@H]([NH+]2CCCCC2)C(Cl)(Cl)Cl)c1. The fraction of sp³-hybridized carbons (Fsp3) is 0.533. The Morgan fingerprint density at radius 3 is 2.48 bits per heavy atom. The van der Waals surface area contributed by atoms with Crippen LogP contribution in [-0.2, 0) is 0 Å². The van der Waals surface area contributed by atoms with Gasteiger partial charge in [-0.2, -0.15) is 0 Å². The molecule has 21 heavy (non-hydrogen) atoms. The molecule has 116 valence electrons. The Kier molecular flexibility index (Phi) is 5.78. The van der Waals surface area contributed by atoms with Crippen LogP contribution in [0.1, 0.15) is 35.2 Å². The molecule has 0 bridgehead atoms. The number of nitrogens with one attached hydrogen (secondary N) is 2. The van der Waals surface area contributed by atoms with E-state index >= 15 is 0 Å². The van der Waals surface area contributed by atoms with Gasteiger partial charge in [-0.05, 0) is 38.3 Å². The van der Waals surface area contributed by atoms with Gasteiger partial charge in [0.25, 0.3) is 9.70 Å². The third-order valence-corrected chi connectivity index (χ3v) is 4.44. The predicted molar refractivity (Wildman–Crippen MR) is 87.3 cm³/mol. The monoisotopic (exact) mass is 349 g/mol. The average Bonchev–Trinajstić information content (AvgIpc) is 2.44. The lowest BCUT2D eigenvalue weighted by molar-refractivity contribution is -0.931. The third kappa shape index (κ3) is 4.75. The minimum Gasteiger partial charge on any atom is -0.312 e. The van der Waals surface area contributed by atoms with Crippen molar-refractivity contribution >= 4 is 40.7 Å². The van der Waals surface area contributed by atoms with Gasteiger partial charge in [-0.3, -0.25) is 10.1 Å². The number of rotatable bonds is 3. The molecule has 1 aliphatic rings. The molecule has 1 aromatic rings. The van der Waals surface area contributed by atoms with Crippen LogP contribution in [0.4, 0.5) is 0 Å². The van der Waals surface area contributed by atoms with Gasteiger partial charge < -0.3 is 4.90 Å². The highest BCUT2D eigenvalue weighted by atomic mass is 35.6. The van der Waals surface area contributed by atoms with Crippen molar-refractivity contribution in [3.8, 4) is 0 Å². The molecule has 0 saturated carbocycles. The molecule has 6 heteroatoms. The Morgan fingerprint density at radius 2 is 1.90 bits per heavy atom. The number of carbonyl (C=O) groups excluding carboxylic acids is 1.